The summed E-state index contributed by atoms with van der Waals surface area (Å²) in [5.74, 6) is -0.816. The molecule has 2 N–H and O–H groups in total. The molecule has 0 saturated carbocycles. The maximum absolute atomic E-state index is 10.5. The van der Waals surface area contributed by atoms with Crippen LogP contribution in [0.1, 0.15) is 11.3 Å². The van der Waals surface area contributed by atoms with Crippen LogP contribution in [0.3, 0.4) is 0 Å². The minimum Gasteiger partial charge on any atom is -0.481 e. The van der Waals surface area contributed by atoms with Crippen molar-refractivity contribution < 1.29 is 9.90 Å². The fourth-order valence-electron chi connectivity index (χ4n) is 1.60. The summed E-state index contributed by atoms with van der Waals surface area (Å²) in [4.78, 5) is 17.7. The van der Waals surface area contributed by atoms with E-state index in [0.29, 0.717) is 0 Å². The summed E-state index contributed by atoms with van der Waals surface area (Å²) in [6, 6.07) is 7.41. The van der Waals surface area contributed by atoms with Gasteiger partial charge in [0.05, 0.1) is 18.4 Å². The molecule has 0 aliphatic carbocycles. The molecule has 4 nitrogen and oxygen atoms in total. The molecule has 0 fully saturated rings. The van der Waals surface area contributed by atoms with Crippen LogP contribution in [0.25, 0.3) is 11.3 Å². The number of carboxylic acids is 1. The predicted octanol–water partition coefficient (Wildman–Crippen LogP) is 2.01. The number of rotatable bonds is 3. The van der Waals surface area contributed by atoms with Crippen molar-refractivity contribution in [2.75, 3.05) is 0 Å². The lowest BCUT2D eigenvalue weighted by Gasteiger charge is -2.01. The predicted molar refractivity (Wildman–Crippen MR) is 60.1 cm³/mol. The van der Waals surface area contributed by atoms with E-state index in [-0.39, 0.29) is 6.42 Å². The molecule has 4 heteroatoms. The molecule has 0 amide bonds. The Labute approximate surface area is 93.0 Å². The number of carboxylic acid groups (broad SMARTS) is 1. The van der Waals surface area contributed by atoms with Crippen LogP contribution in [0, 0.1) is 6.92 Å². The number of hydrogen-bond donors (Lipinski definition) is 2. The maximum Gasteiger partial charge on any atom is 0.307 e. The lowest BCUT2D eigenvalue weighted by molar-refractivity contribution is -0.136. The van der Waals surface area contributed by atoms with Gasteiger partial charge in [0.25, 0.3) is 0 Å². The van der Waals surface area contributed by atoms with Gasteiger partial charge in [0.15, 0.2) is 0 Å². The first-order valence-corrected chi connectivity index (χ1v) is 4.98. The van der Waals surface area contributed by atoms with E-state index < -0.39 is 5.97 Å². The monoisotopic (exact) mass is 216 g/mol. The number of H-pyrrole nitrogens is 1. The number of nitrogens with one attached hydrogen (secondary N) is 1. The van der Waals surface area contributed by atoms with E-state index >= 15 is 0 Å². The molecule has 0 saturated heterocycles. The van der Waals surface area contributed by atoms with Crippen LogP contribution < -0.4 is 0 Å². The number of benzene rings is 1. The summed E-state index contributed by atoms with van der Waals surface area (Å²) in [6.07, 6.45) is 1.70. The number of aromatic amines is 1. The van der Waals surface area contributed by atoms with Crippen molar-refractivity contribution >= 4 is 5.97 Å². The molecule has 0 unspecified atom stereocenters. The van der Waals surface area contributed by atoms with E-state index in [4.69, 9.17) is 5.11 Å². The van der Waals surface area contributed by atoms with Gasteiger partial charge in [-0.15, -0.1) is 0 Å². The molecule has 1 heterocycles. The second-order valence-corrected chi connectivity index (χ2v) is 3.64. The van der Waals surface area contributed by atoms with Crippen LogP contribution in [-0.4, -0.2) is 21.0 Å². The molecule has 2 rings (SSSR count). The molecule has 0 bridgehead atoms. The van der Waals surface area contributed by atoms with Crippen molar-refractivity contribution in [3.8, 4) is 11.3 Å². The summed E-state index contributed by atoms with van der Waals surface area (Å²) in [5, 5.41) is 8.65. The number of nitrogens with zero attached hydrogens (tertiary/aromatic N) is 1. The highest BCUT2D eigenvalue weighted by Crippen LogP contribution is 2.20. The number of carbonyl (C=O) groups is 1. The van der Waals surface area contributed by atoms with E-state index in [0.717, 1.165) is 22.5 Å². The van der Waals surface area contributed by atoms with E-state index in [1.54, 1.807) is 6.33 Å². The van der Waals surface area contributed by atoms with Crippen LogP contribution in [0.5, 0.6) is 0 Å². The molecular weight excluding hydrogens is 204 g/mol. The summed E-state index contributed by atoms with van der Waals surface area (Å²) in [6.45, 7) is 1.95. The van der Waals surface area contributed by atoms with Gasteiger partial charge in [-0.1, -0.05) is 24.3 Å². The van der Waals surface area contributed by atoms with E-state index in [1.807, 2.05) is 31.2 Å². The van der Waals surface area contributed by atoms with Gasteiger partial charge >= 0.3 is 5.97 Å². The topological polar surface area (TPSA) is 66.0 Å². The standard InChI is InChI=1S/C12H12N2O2/c1-8-12(14-7-13-8)10-4-2-9(3-5-10)6-11(15)16/h2-5,7H,6H2,1H3,(H,13,14)(H,15,16). The highest BCUT2D eigenvalue weighted by Gasteiger charge is 2.05. The molecule has 16 heavy (non-hydrogen) atoms. The first-order chi connectivity index (χ1) is 7.66. The normalized spacial score (nSPS) is 10.3. The Kier molecular flexibility index (Phi) is 2.72. The van der Waals surface area contributed by atoms with Gasteiger partial charge in [-0.3, -0.25) is 4.79 Å². The number of hydrogen-bond acceptors (Lipinski definition) is 2. The molecular formula is C12H12N2O2. The van der Waals surface area contributed by atoms with E-state index in [9.17, 15) is 4.79 Å². The van der Waals surface area contributed by atoms with Crippen molar-refractivity contribution in [1.29, 1.82) is 0 Å². The second kappa shape index (κ2) is 4.18. The summed E-state index contributed by atoms with van der Waals surface area (Å²) >= 11 is 0. The first kappa shape index (κ1) is 10.4. The Morgan fingerprint density at radius 1 is 1.38 bits per heavy atom. The third-order valence-corrected chi connectivity index (χ3v) is 2.41. The minimum atomic E-state index is -0.816. The lowest BCUT2D eigenvalue weighted by Crippen LogP contribution is -1.99. The van der Waals surface area contributed by atoms with Crippen molar-refractivity contribution in [1.82, 2.24) is 9.97 Å². The molecule has 1 aromatic carbocycles. The Morgan fingerprint density at radius 2 is 2.06 bits per heavy atom. The molecule has 0 aliphatic heterocycles. The van der Waals surface area contributed by atoms with Gasteiger partial charge in [0.2, 0.25) is 0 Å². The van der Waals surface area contributed by atoms with Gasteiger partial charge in [-0.05, 0) is 12.5 Å². The third kappa shape index (κ3) is 2.11. The molecule has 0 radical (unpaired) electrons. The average molecular weight is 216 g/mol. The molecule has 1 aromatic heterocycles. The summed E-state index contributed by atoms with van der Waals surface area (Å²) < 4.78 is 0. The molecule has 0 aliphatic rings. The Morgan fingerprint density at radius 3 is 2.56 bits per heavy atom. The van der Waals surface area contributed by atoms with Crippen LogP contribution in [-0.2, 0) is 11.2 Å². The largest absolute Gasteiger partial charge is 0.481 e. The lowest BCUT2D eigenvalue weighted by atomic mass is 10.1. The fraction of sp³-hybridized carbons (Fsp3) is 0.167. The number of aromatic nitrogens is 2. The van der Waals surface area contributed by atoms with Crippen LogP contribution in [0.2, 0.25) is 0 Å². The second-order valence-electron chi connectivity index (χ2n) is 3.64. The van der Waals surface area contributed by atoms with Gasteiger partial charge in [0.1, 0.15) is 0 Å². The zero-order valence-corrected chi connectivity index (χ0v) is 8.90. The van der Waals surface area contributed by atoms with Crippen molar-refractivity contribution in [2.24, 2.45) is 0 Å². The minimum absolute atomic E-state index is 0.0554. The van der Waals surface area contributed by atoms with E-state index in [2.05, 4.69) is 9.97 Å². The van der Waals surface area contributed by atoms with Gasteiger partial charge < -0.3 is 10.1 Å². The summed E-state index contributed by atoms with van der Waals surface area (Å²) in [7, 11) is 0. The van der Waals surface area contributed by atoms with Crippen molar-refractivity contribution in [2.45, 2.75) is 13.3 Å². The Bertz CT molecular complexity index is 500. The SMILES string of the molecule is Cc1[nH]cnc1-c1ccc(CC(=O)O)cc1. The van der Waals surface area contributed by atoms with E-state index in [1.165, 1.54) is 0 Å². The number of aryl methyl sites for hydroxylation is 1. The molecule has 82 valence electrons. The smallest absolute Gasteiger partial charge is 0.307 e. The Hall–Kier alpha value is -2.10. The Balaban J connectivity index is 2.26. The fourth-order valence-corrected chi connectivity index (χ4v) is 1.60. The van der Waals surface area contributed by atoms with Crippen molar-refractivity contribution in [3.05, 3.63) is 41.9 Å². The zero-order valence-electron chi connectivity index (χ0n) is 8.90. The van der Waals surface area contributed by atoms with Crippen LogP contribution >= 0.6 is 0 Å². The van der Waals surface area contributed by atoms with Crippen molar-refractivity contribution in [3.63, 3.8) is 0 Å². The maximum atomic E-state index is 10.5. The van der Waals surface area contributed by atoms with Gasteiger partial charge in [-0.25, -0.2) is 4.98 Å². The first-order valence-electron chi connectivity index (χ1n) is 4.98. The molecule has 0 atom stereocenters. The quantitative estimate of drug-likeness (QED) is 0.824. The molecule has 2 aromatic rings. The van der Waals surface area contributed by atoms with Gasteiger partial charge in [-0.2, -0.15) is 0 Å². The number of imidazole rings is 1. The highest BCUT2D eigenvalue weighted by molar-refractivity contribution is 5.71. The third-order valence-electron chi connectivity index (χ3n) is 2.41. The van der Waals surface area contributed by atoms with Gasteiger partial charge in [0, 0.05) is 11.3 Å². The summed E-state index contributed by atoms with van der Waals surface area (Å²) in [5.41, 5.74) is 3.70. The van der Waals surface area contributed by atoms with Crippen LogP contribution in [0.4, 0.5) is 0 Å². The average Bonchev–Trinajstić information content (AvgIpc) is 2.65. The zero-order chi connectivity index (χ0) is 11.5. The van der Waals surface area contributed by atoms with Crippen LogP contribution in [0.15, 0.2) is 30.6 Å². The highest BCUT2D eigenvalue weighted by atomic mass is 16.4. The molecule has 0 spiro atoms. The number of aliphatic carboxylic acids is 1.